The van der Waals surface area contributed by atoms with Gasteiger partial charge in [-0.05, 0) is 43.2 Å². The molecule has 3 aromatic rings. The van der Waals surface area contributed by atoms with E-state index in [0.717, 1.165) is 17.7 Å². The van der Waals surface area contributed by atoms with E-state index >= 15 is 0 Å². The molecule has 1 heterocycles. The molecule has 140 valence electrons. The van der Waals surface area contributed by atoms with Crippen molar-refractivity contribution in [2.45, 2.75) is 25.5 Å². The first kappa shape index (κ1) is 19.0. The quantitative estimate of drug-likeness (QED) is 0.580. The molecule has 27 heavy (non-hydrogen) atoms. The van der Waals surface area contributed by atoms with Crippen LogP contribution in [0.1, 0.15) is 19.4 Å². The minimum absolute atomic E-state index is 0.126. The number of nitrogens with one attached hydrogen (secondary N) is 1. The third-order valence-corrected chi connectivity index (χ3v) is 4.61. The van der Waals surface area contributed by atoms with Gasteiger partial charge in [0.25, 0.3) is 11.1 Å². The lowest BCUT2D eigenvalue weighted by atomic mass is 10.1. The highest BCUT2D eigenvalue weighted by Crippen LogP contribution is 2.30. The summed E-state index contributed by atoms with van der Waals surface area (Å²) < 4.78 is 11.3. The zero-order chi connectivity index (χ0) is 19.1. The second-order valence-corrected chi connectivity index (χ2v) is 6.62. The second kappa shape index (κ2) is 9.23. The number of hydrogen-bond acceptors (Lipinski definition) is 6. The number of benzene rings is 2. The Hall–Kier alpha value is -2.80. The SMILES string of the molecule is CCOc1ccccc1-c1nnc(SCC(=O)Nc2ccc(CC)cc2)o1. The summed E-state index contributed by atoms with van der Waals surface area (Å²) in [6, 6.07) is 15.3. The van der Waals surface area contributed by atoms with Gasteiger partial charge in [0.15, 0.2) is 0 Å². The largest absolute Gasteiger partial charge is 0.493 e. The summed E-state index contributed by atoms with van der Waals surface area (Å²) in [5, 5.41) is 11.3. The first-order valence-electron chi connectivity index (χ1n) is 8.77. The predicted molar refractivity (Wildman–Crippen MR) is 106 cm³/mol. The Morgan fingerprint density at radius 1 is 1.11 bits per heavy atom. The molecule has 1 amide bonds. The Bertz CT molecular complexity index is 893. The fourth-order valence-electron chi connectivity index (χ4n) is 2.45. The molecule has 0 fully saturated rings. The van der Waals surface area contributed by atoms with Gasteiger partial charge >= 0.3 is 0 Å². The van der Waals surface area contributed by atoms with Gasteiger partial charge in [0.1, 0.15) is 5.75 Å². The summed E-state index contributed by atoms with van der Waals surface area (Å²) in [6.45, 7) is 4.56. The maximum absolute atomic E-state index is 12.1. The molecule has 0 unspecified atom stereocenters. The molecule has 7 heteroatoms. The summed E-state index contributed by atoms with van der Waals surface area (Å²) in [6.07, 6.45) is 0.968. The minimum Gasteiger partial charge on any atom is -0.493 e. The fourth-order valence-corrected chi connectivity index (χ4v) is 3.01. The zero-order valence-corrected chi connectivity index (χ0v) is 16.1. The van der Waals surface area contributed by atoms with E-state index in [0.29, 0.717) is 23.5 Å². The van der Waals surface area contributed by atoms with Crippen molar-refractivity contribution in [1.29, 1.82) is 0 Å². The average molecular weight is 383 g/mol. The van der Waals surface area contributed by atoms with Crippen LogP contribution in [0.5, 0.6) is 5.75 Å². The van der Waals surface area contributed by atoms with Crippen molar-refractivity contribution in [3.63, 3.8) is 0 Å². The van der Waals surface area contributed by atoms with E-state index in [4.69, 9.17) is 9.15 Å². The number of thioether (sulfide) groups is 1. The monoisotopic (exact) mass is 383 g/mol. The lowest BCUT2D eigenvalue weighted by molar-refractivity contribution is -0.113. The molecule has 2 aromatic carbocycles. The van der Waals surface area contributed by atoms with Crippen molar-refractivity contribution in [2.75, 3.05) is 17.7 Å². The van der Waals surface area contributed by atoms with Crippen LogP contribution in [0.15, 0.2) is 58.2 Å². The van der Waals surface area contributed by atoms with Crippen LogP contribution in [0.3, 0.4) is 0 Å². The van der Waals surface area contributed by atoms with Gasteiger partial charge in [-0.15, -0.1) is 10.2 Å². The lowest BCUT2D eigenvalue weighted by Gasteiger charge is -2.06. The Morgan fingerprint density at radius 3 is 2.63 bits per heavy atom. The molecular weight excluding hydrogens is 362 g/mol. The Balaban J connectivity index is 1.58. The van der Waals surface area contributed by atoms with Gasteiger partial charge in [-0.25, -0.2) is 0 Å². The van der Waals surface area contributed by atoms with E-state index in [9.17, 15) is 4.79 Å². The van der Waals surface area contributed by atoms with Crippen molar-refractivity contribution in [3.05, 3.63) is 54.1 Å². The van der Waals surface area contributed by atoms with Crippen LogP contribution in [0.25, 0.3) is 11.5 Å². The molecule has 0 aliphatic rings. The number of rotatable bonds is 8. The summed E-state index contributed by atoms with van der Waals surface area (Å²) in [5.41, 5.74) is 2.74. The summed E-state index contributed by atoms with van der Waals surface area (Å²) in [4.78, 5) is 12.1. The Morgan fingerprint density at radius 2 is 1.89 bits per heavy atom. The minimum atomic E-state index is -0.126. The molecule has 1 N–H and O–H groups in total. The number of para-hydroxylation sites is 1. The number of anilines is 1. The van der Waals surface area contributed by atoms with E-state index in [1.165, 1.54) is 17.3 Å². The number of hydrogen-bond donors (Lipinski definition) is 1. The van der Waals surface area contributed by atoms with Gasteiger partial charge in [0.05, 0.1) is 17.9 Å². The fraction of sp³-hybridized carbons (Fsp3) is 0.250. The van der Waals surface area contributed by atoms with Gasteiger partial charge < -0.3 is 14.5 Å². The third kappa shape index (κ3) is 5.10. The second-order valence-electron chi connectivity index (χ2n) is 5.69. The zero-order valence-electron chi connectivity index (χ0n) is 15.3. The van der Waals surface area contributed by atoms with Crippen LogP contribution in [-0.4, -0.2) is 28.5 Å². The van der Waals surface area contributed by atoms with E-state index in [1.807, 2.05) is 55.5 Å². The van der Waals surface area contributed by atoms with E-state index in [1.54, 1.807) is 0 Å². The van der Waals surface area contributed by atoms with Gasteiger partial charge in [-0.3, -0.25) is 4.79 Å². The van der Waals surface area contributed by atoms with Gasteiger partial charge in [-0.1, -0.05) is 43.0 Å². The standard InChI is InChI=1S/C20H21N3O3S/c1-3-14-9-11-15(12-10-14)21-18(24)13-27-20-23-22-19(26-20)16-7-5-6-8-17(16)25-4-2/h5-12H,3-4,13H2,1-2H3,(H,21,24). The normalized spacial score (nSPS) is 10.6. The smallest absolute Gasteiger partial charge is 0.277 e. The van der Waals surface area contributed by atoms with Crippen LogP contribution in [0.2, 0.25) is 0 Å². The van der Waals surface area contributed by atoms with Crippen molar-refractivity contribution >= 4 is 23.4 Å². The number of ether oxygens (including phenoxy) is 1. The van der Waals surface area contributed by atoms with Crippen molar-refractivity contribution < 1.29 is 13.9 Å². The molecule has 0 radical (unpaired) electrons. The number of amides is 1. The van der Waals surface area contributed by atoms with Crippen molar-refractivity contribution in [2.24, 2.45) is 0 Å². The Kier molecular flexibility index (Phi) is 6.49. The number of carbonyl (C=O) groups is 1. The first-order valence-corrected chi connectivity index (χ1v) is 9.75. The molecule has 0 spiro atoms. The molecule has 0 aliphatic heterocycles. The highest BCUT2D eigenvalue weighted by molar-refractivity contribution is 7.99. The molecule has 0 saturated heterocycles. The van der Waals surface area contributed by atoms with E-state index in [-0.39, 0.29) is 11.7 Å². The van der Waals surface area contributed by atoms with E-state index < -0.39 is 0 Å². The third-order valence-electron chi connectivity index (χ3n) is 3.80. The van der Waals surface area contributed by atoms with Crippen LogP contribution >= 0.6 is 11.8 Å². The van der Waals surface area contributed by atoms with Gasteiger partial charge in [0.2, 0.25) is 5.91 Å². The maximum atomic E-state index is 12.1. The van der Waals surface area contributed by atoms with Gasteiger partial charge in [-0.2, -0.15) is 0 Å². The van der Waals surface area contributed by atoms with Crippen LogP contribution < -0.4 is 10.1 Å². The van der Waals surface area contributed by atoms with Crippen LogP contribution in [0.4, 0.5) is 5.69 Å². The molecule has 3 rings (SSSR count). The Labute approximate surface area is 162 Å². The average Bonchev–Trinajstić information content (AvgIpc) is 3.16. The number of nitrogens with zero attached hydrogens (tertiary/aromatic N) is 2. The number of aromatic nitrogens is 2. The topological polar surface area (TPSA) is 77.2 Å². The molecule has 0 saturated carbocycles. The summed E-state index contributed by atoms with van der Waals surface area (Å²) in [7, 11) is 0. The predicted octanol–water partition coefficient (Wildman–Crippen LogP) is 4.43. The highest BCUT2D eigenvalue weighted by atomic mass is 32.2. The number of carbonyl (C=O) groups excluding carboxylic acids is 1. The number of aryl methyl sites for hydroxylation is 1. The van der Waals surface area contributed by atoms with Crippen molar-refractivity contribution in [3.8, 4) is 17.2 Å². The molecule has 0 bridgehead atoms. The highest BCUT2D eigenvalue weighted by Gasteiger charge is 2.14. The lowest BCUT2D eigenvalue weighted by Crippen LogP contribution is -2.13. The van der Waals surface area contributed by atoms with Gasteiger partial charge in [0, 0.05) is 5.69 Å². The van der Waals surface area contributed by atoms with Crippen LogP contribution in [0, 0.1) is 0 Å². The summed E-state index contributed by atoms with van der Waals surface area (Å²) >= 11 is 1.20. The first-order chi connectivity index (χ1) is 13.2. The summed E-state index contributed by atoms with van der Waals surface area (Å²) in [5.74, 6) is 1.12. The molecular formula is C20H21N3O3S. The van der Waals surface area contributed by atoms with E-state index in [2.05, 4.69) is 22.4 Å². The van der Waals surface area contributed by atoms with Crippen LogP contribution in [-0.2, 0) is 11.2 Å². The molecule has 0 aliphatic carbocycles. The molecule has 0 atom stereocenters. The maximum Gasteiger partial charge on any atom is 0.277 e. The molecule has 1 aromatic heterocycles. The molecule has 6 nitrogen and oxygen atoms in total. The van der Waals surface area contributed by atoms with Crippen molar-refractivity contribution in [1.82, 2.24) is 10.2 Å².